The Labute approximate surface area is 149 Å². The smallest absolute Gasteiger partial charge is 0.338 e. The molecule has 2 saturated carbocycles. The molecule has 23 heavy (non-hydrogen) atoms. The standard InChI is InChI=1S/C17H20INO4/c1-10-8-11(4-5-13(10)19(21)22)15(20)23-14-9-12-6-7-16(14,2)17(12,3)18/h4-5,8,12,14H,6-7,9H2,1-3H3. The number of carbonyl (C=O) groups excluding carboxylic acids is 1. The normalized spacial score (nSPS) is 35.3. The summed E-state index contributed by atoms with van der Waals surface area (Å²) in [5.74, 6) is 0.207. The Morgan fingerprint density at radius 1 is 1.43 bits per heavy atom. The first-order chi connectivity index (χ1) is 10.7. The van der Waals surface area contributed by atoms with Gasteiger partial charge in [0.1, 0.15) is 6.10 Å². The summed E-state index contributed by atoms with van der Waals surface area (Å²) < 4.78 is 5.97. The van der Waals surface area contributed by atoms with Gasteiger partial charge in [-0.2, -0.15) is 0 Å². The van der Waals surface area contributed by atoms with E-state index in [2.05, 4.69) is 36.4 Å². The van der Waals surface area contributed by atoms with Gasteiger partial charge in [0.25, 0.3) is 5.69 Å². The zero-order chi connectivity index (χ0) is 17.0. The van der Waals surface area contributed by atoms with Crippen molar-refractivity contribution in [3.05, 3.63) is 39.4 Å². The third-order valence-corrected chi connectivity index (χ3v) is 8.10. The molecule has 0 aliphatic heterocycles. The molecular weight excluding hydrogens is 409 g/mol. The van der Waals surface area contributed by atoms with E-state index in [-0.39, 0.29) is 26.6 Å². The van der Waals surface area contributed by atoms with E-state index < -0.39 is 4.92 Å². The van der Waals surface area contributed by atoms with Crippen LogP contribution >= 0.6 is 22.6 Å². The van der Waals surface area contributed by atoms with Gasteiger partial charge in [0.2, 0.25) is 0 Å². The maximum absolute atomic E-state index is 12.5. The number of halogens is 1. The van der Waals surface area contributed by atoms with Crippen LogP contribution in [0.25, 0.3) is 0 Å². The second kappa shape index (κ2) is 5.43. The first-order valence-electron chi connectivity index (χ1n) is 7.82. The van der Waals surface area contributed by atoms with Crippen LogP contribution in [-0.2, 0) is 4.74 Å². The van der Waals surface area contributed by atoms with Crippen LogP contribution < -0.4 is 0 Å². The molecule has 124 valence electrons. The van der Waals surface area contributed by atoms with E-state index >= 15 is 0 Å². The lowest BCUT2D eigenvalue weighted by Crippen LogP contribution is -2.40. The molecule has 0 spiro atoms. The largest absolute Gasteiger partial charge is 0.458 e. The number of benzene rings is 1. The van der Waals surface area contributed by atoms with Gasteiger partial charge in [-0.1, -0.05) is 29.5 Å². The Morgan fingerprint density at radius 3 is 2.61 bits per heavy atom. The number of esters is 1. The van der Waals surface area contributed by atoms with Gasteiger partial charge in [0.15, 0.2) is 0 Å². The van der Waals surface area contributed by atoms with Crippen LogP contribution in [0.3, 0.4) is 0 Å². The lowest BCUT2D eigenvalue weighted by Gasteiger charge is -2.37. The summed E-state index contributed by atoms with van der Waals surface area (Å²) in [7, 11) is 0. The number of rotatable bonds is 3. The number of nitrogens with zero attached hydrogens (tertiary/aromatic N) is 1. The molecule has 5 nitrogen and oxygen atoms in total. The fraction of sp³-hybridized carbons (Fsp3) is 0.588. The Kier molecular flexibility index (Phi) is 3.93. The number of alkyl halides is 1. The highest BCUT2D eigenvalue weighted by molar-refractivity contribution is 14.1. The van der Waals surface area contributed by atoms with Crippen molar-refractivity contribution in [2.24, 2.45) is 11.3 Å². The molecule has 0 amide bonds. The Morgan fingerprint density at radius 2 is 2.13 bits per heavy atom. The van der Waals surface area contributed by atoms with Crippen LogP contribution in [0.2, 0.25) is 0 Å². The molecule has 0 radical (unpaired) electrons. The molecule has 0 N–H and O–H groups in total. The van der Waals surface area contributed by atoms with Gasteiger partial charge in [-0.05, 0) is 51.2 Å². The van der Waals surface area contributed by atoms with Gasteiger partial charge in [0, 0.05) is 20.5 Å². The number of hydrogen-bond donors (Lipinski definition) is 0. The van der Waals surface area contributed by atoms with Crippen LogP contribution in [0.4, 0.5) is 5.69 Å². The number of nitro benzene ring substituents is 1. The molecule has 1 aromatic rings. The van der Waals surface area contributed by atoms with E-state index in [4.69, 9.17) is 4.74 Å². The minimum Gasteiger partial charge on any atom is -0.458 e. The number of fused-ring (bicyclic) bond motifs is 2. The second-order valence-corrected chi connectivity index (χ2v) is 9.36. The number of aryl methyl sites for hydroxylation is 1. The first kappa shape index (κ1) is 16.7. The fourth-order valence-electron chi connectivity index (χ4n) is 4.15. The van der Waals surface area contributed by atoms with Crippen molar-refractivity contribution in [3.8, 4) is 0 Å². The second-order valence-electron chi connectivity index (χ2n) is 7.12. The lowest BCUT2D eigenvalue weighted by atomic mass is 9.79. The number of ether oxygens (including phenoxy) is 1. The summed E-state index contributed by atoms with van der Waals surface area (Å²) in [5.41, 5.74) is 0.884. The Balaban J connectivity index is 1.79. The molecule has 0 aromatic heterocycles. The molecule has 2 aliphatic carbocycles. The zero-order valence-electron chi connectivity index (χ0n) is 13.5. The lowest BCUT2D eigenvalue weighted by molar-refractivity contribution is -0.385. The van der Waals surface area contributed by atoms with Crippen LogP contribution in [0.1, 0.15) is 49.0 Å². The molecule has 6 heteroatoms. The van der Waals surface area contributed by atoms with E-state index in [9.17, 15) is 14.9 Å². The van der Waals surface area contributed by atoms with Crippen molar-refractivity contribution in [3.63, 3.8) is 0 Å². The van der Waals surface area contributed by atoms with Gasteiger partial charge in [-0.25, -0.2) is 4.79 Å². The van der Waals surface area contributed by atoms with Crippen LogP contribution in [0.15, 0.2) is 18.2 Å². The highest BCUT2D eigenvalue weighted by Gasteiger charge is 2.64. The topological polar surface area (TPSA) is 69.4 Å². The van der Waals surface area contributed by atoms with Crippen molar-refractivity contribution in [2.75, 3.05) is 0 Å². The van der Waals surface area contributed by atoms with Crippen molar-refractivity contribution in [1.82, 2.24) is 0 Å². The molecule has 0 saturated heterocycles. The maximum Gasteiger partial charge on any atom is 0.338 e. The van der Waals surface area contributed by atoms with Gasteiger partial charge >= 0.3 is 5.97 Å². The molecule has 1 aromatic carbocycles. The molecule has 4 atom stereocenters. The quantitative estimate of drug-likeness (QED) is 0.234. The fourth-order valence-corrected chi connectivity index (χ4v) is 5.33. The maximum atomic E-state index is 12.5. The summed E-state index contributed by atoms with van der Waals surface area (Å²) in [6.07, 6.45) is 3.11. The summed E-state index contributed by atoms with van der Waals surface area (Å²) in [6, 6.07) is 4.39. The molecule has 0 heterocycles. The third kappa shape index (κ3) is 2.45. The van der Waals surface area contributed by atoms with Gasteiger partial charge in [-0.3, -0.25) is 10.1 Å². The molecule has 2 bridgehead atoms. The average Bonchev–Trinajstić information content (AvgIpc) is 2.80. The van der Waals surface area contributed by atoms with Crippen molar-refractivity contribution in [1.29, 1.82) is 0 Å². The van der Waals surface area contributed by atoms with E-state index in [1.54, 1.807) is 13.0 Å². The van der Waals surface area contributed by atoms with Gasteiger partial charge < -0.3 is 4.74 Å². The van der Waals surface area contributed by atoms with Crippen molar-refractivity contribution < 1.29 is 14.5 Å². The number of carbonyl (C=O) groups is 1. The summed E-state index contributed by atoms with van der Waals surface area (Å²) in [5, 5.41) is 10.9. The highest BCUT2D eigenvalue weighted by Crippen LogP contribution is 2.65. The SMILES string of the molecule is Cc1cc(C(=O)OC2CC3CCC2(C)C3(C)I)ccc1[N+](=O)[O-]. The van der Waals surface area contributed by atoms with Crippen molar-refractivity contribution in [2.45, 2.75) is 49.6 Å². The Hall–Kier alpha value is -1.18. The van der Waals surface area contributed by atoms with E-state index in [0.29, 0.717) is 17.0 Å². The summed E-state index contributed by atoms with van der Waals surface area (Å²) in [4.78, 5) is 22.9. The molecule has 4 unspecified atom stereocenters. The van der Waals surface area contributed by atoms with E-state index in [1.807, 2.05) is 0 Å². The predicted octanol–water partition coefficient (Wildman–Crippen LogP) is 4.44. The minimum atomic E-state index is -0.442. The van der Waals surface area contributed by atoms with Crippen LogP contribution in [0.5, 0.6) is 0 Å². The molecule has 3 rings (SSSR count). The zero-order valence-corrected chi connectivity index (χ0v) is 15.6. The summed E-state index contributed by atoms with van der Waals surface area (Å²) >= 11 is 2.52. The number of hydrogen-bond acceptors (Lipinski definition) is 4. The Bertz CT molecular complexity index is 687. The minimum absolute atomic E-state index is 0.00368. The molecule has 2 fully saturated rings. The predicted molar refractivity (Wildman–Crippen MR) is 94.9 cm³/mol. The molecule has 2 aliphatic rings. The number of nitro groups is 1. The van der Waals surface area contributed by atoms with Gasteiger partial charge in [0.05, 0.1) is 10.5 Å². The monoisotopic (exact) mass is 429 g/mol. The van der Waals surface area contributed by atoms with Crippen molar-refractivity contribution >= 4 is 34.2 Å². The van der Waals surface area contributed by atoms with Crippen LogP contribution in [0, 0.1) is 28.4 Å². The van der Waals surface area contributed by atoms with Crippen LogP contribution in [-0.4, -0.2) is 20.4 Å². The summed E-state index contributed by atoms with van der Waals surface area (Å²) in [6.45, 7) is 6.11. The first-order valence-corrected chi connectivity index (χ1v) is 8.89. The van der Waals surface area contributed by atoms with E-state index in [1.165, 1.54) is 18.6 Å². The third-order valence-electron chi connectivity index (χ3n) is 5.98. The van der Waals surface area contributed by atoms with E-state index in [0.717, 1.165) is 12.8 Å². The molecular formula is C17H20INO4. The highest BCUT2D eigenvalue weighted by atomic mass is 127. The van der Waals surface area contributed by atoms with Gasteiger partial charge in [-0.15, -0.1) is 0 Å². The average molecular weight is 429 g/mol.